The van der Waals surface area contributed by atoms with E-state index >= 15 is 0 Å². The van der Waals surface area contributed by atoms with Gasteiger partial charge in [-0.3, -0.25) is 0 Å². The van der Waals surface area contributed by atoms with Crippen LogP contribution in [-0.2, 0) is 9.47 Å². The van der Waals surface area contributed by atoms with Crippen LogP contribution in [0.2, 0.25) is 0 Å². The van der Waals surface area contributed by atoms with Crippen LogP contribution in [-0.4, -0.2) is 32.1 Å². The first kappa shape index (κ1) is 6.22. The molecule has 0 spiro atoms. The van der Waals surface area contributed by atoms with Gasteiger partial charge in [0.1, 0.15) is 0 Å². The smallest absolute Gasteiger partial charge is 0.434 e. The normalized spacial score (nSPS) is 24.6. The largest absolute Gasteiger partial charge is 0.436 e. The van der Waals surface area contributed by atoms with E-state index in [1.165, 1.54) is 6.21 Å². The minimum Gasteiger partial charge on any atom is -0.436 e. The average Bonchev–Trinajstić information content (AvgIpc) is 2.17. The van der Waals surface area contributed by atoms with E-state index in [1.54, 1.807) is 7.11 Å². The van der Waals surface area contributed by atoms with Gasteiger partial charge in [-0.25, -0.2) is 4.79 Å². The van der Waals surface area contributed by atoms with E-state index in [4.69, 9.17) is 4.74 Å². The Balaban J connectivity index is 2.32. The summed E-state index contributed by atoms with van der Waals surface area (Å²) in [5.74, 6) is 0. The van der Waals surface area contributed by atoms with Crippen molar-refractivity contribution in [1.29, 1.82) is 0 Å². The Morgan fingerprint density at radius 3 is 3.22 bits per heavy atom. The van der Waals surface area contributed by atoms with Gasteiger partial charge in [0.2, 0.25) is 0 Å². The minimum absolute atomic E-state index is 0.275. The van der Waals surface area contributed by atoms with E-state index in [1.807, 2.05) is 0 Å². The number of cyclic esters (lactones) is 1. The monoisotopic (exact) mass is 129 g/mol. The fourth-order valence-electron chi connectivity index (χ4n) is 0.576. The number of ether oxygens (including phenoxy) is 2. The third-order valence-electron chi connectivity index (χ3n) is 0.929. The second-order valence-corrected chi connectivity index (χ2v) is 1.66. The fraction of sp³-hybridized carbons (Fsp3) is 0.600. The lowest BCUT2D eigenvalue weighted by atomic mass is 10.4. The van der Waals surface area contributed by atoms with Crippen molar-refractivity contribution in [2.45, 2.75) is 6.10 Å². The third-order valence-corrected chi connectivity index (χ3v) is 0.929. The van der Waals surface area contributed by atoms with Crippen LogP contribution >= 0.6 is 0 Å². The molecule has 0 aliphatic carbocycles. The lowest BCUT2D eigenvalue weighted by molar-refractivity contribution is 0.0880. The summed E-state index contributed by atoms with van der Waals surface area (Å²) in [4.78, 5) is 13.6. The van der Waals surface area contributed by atoms with Gasteiger partial charge in [-0.15, -0.1) is 0 Å². The molecule has 1 aliphatic heterocycles. The fourth-order valence-corrected chi connectivity index (χ4v) is 0.576. The molecule has 1 aliphatic rings. The second-order valence-electron chi connectivity index (χ2n) is 1.66. The maximum Gasteiger partial charge on any atom is 0.434 e. The number of hydrogen-bond acceptors (Lipinski definition) is 3. The summed E-state index contributed by atoms with van der Waals surface area (Å²) in [6, 6.07) is 0. The van der Waals surface area contributed by atoms with Crippen LogP contribution in [0.3, 0.4) is 0 Å². The van der Waals surface area contributed by atoms with Crippen molar-refractivity contribution in [3.63, 3.8) is 0 Å². The quantitative estimate of drug-likeness (QED) is 0.536. The summed E-state index contributed by atoms with van der Waals surface area (Å²) >= 11 is 0. The number of amides is 1. The molecule has 0 aromatic carbocycles. The molecule has 0 aromatic heterocycles. The molecule has 4 heteroatoms. The lowest BCUT2D eigenvalue weighted by Crippen LogP contribution is -2.16. The van der Waals surface area contributed by atoms with E-state index < -0.39 is 6.09 Å². The van der Waals surface area contributed by atoms with E-state index in [2.05, 4.69) is 9.73 Å². The van der Waals surface area contributed by atoms with Gasteiger partial charge >= 0.3 is 6.09 Å². The van der Waals surface area contributed by atoms with E-state index in [0.29, 0.717) is 6.61 Å². The number of hydrogen-bond donors (Lipinski definition) is 0. The van der Waals surface area contributed by atoms with Gasteiger partial charge < -0.3 is 9.47 Å². The molecule has 0 saturated carbocycles. The first-order valence-corrected chi connectivity index (χ1v) is 2.56. The Kier molecular flexibility index (Phi) is 1.79. The molecule has 0 bridgehead atoms. The van der Waals surface area contributed by atoms with Gasteiger partial charge in [0.15, 0.2) is 6.10 Å². The third kappa shape index (κ3) is 1.50. The molecule has 1 atom stereocenters. The molecule has 1 rings (SSSR count). The molecular formula is C5H7NO3. The maximum atomic E-state index is 10.3. The van der Waals surface area contributed by atoms with Crippen LogP contribution in [0.15, 0.2) is 4.99 Å². The van der Waals surface area contributed by atoms with Crippen molar-refractivity contribution < 1.29 is 14.3 Å². The zero-order chi connectivity index (χ0) is 6.69. The Morgan fingerprint density at radius 2 is 2.78 bits per heavy atom. The minimum atomic E-state index is -0.531. The van der Waals surface area contributed by atoms with E-state index in [0.717, 1.165) is 0 Å². The number of carbonyl (C=O) groups is 1. The highest BCUT2D eigenvalue weighted by molar-refractivity contribution is 5.87. The standard InChI is InChI=1S/C5H7NO3/c1-8-3-4-2-6-5(7)9-4/h2,4H,3H2,1H3. The van der Waals surface area contributed by atoms with Gasteiger partial charge in [-0.05, 0) is 0 Å². The Morgan fingerprint density at radius 1 is 2.00 bits per heavy atom. The summed E-state index contributed by atoms with van der Waals surface area (Å²) in [6.45, 7) is 0.384. The molecule has 1 amide bonds. The highest BCUT2D eigenvalue weighted by Gasteiger charge is 2.16. The van der Waals surface area contributed by atoms with Crippen molar-refractivity contribution in [2.24, 2.45) is 4.99 Å². The molecule has 0 fully saturated rings. The molecular weight excluding hydrogens is 122 g/mol. The predicted octanol–water partition coefficient (Wildman–Crippen LogP) is 0.222. The lowest BCUT2D eigenvalue weighted by Gasteiger charge is -2.02. The molecule has 50 valence electrons. The number of rotatable bonds is 2. The van der Waals surface area contributed by atoms with Crippen LogP contribution in [0.25, 0.3) is 0 Å². The van der Waals surface area contributed by atoms with Crippen molar-refractivity contribution in [3.05, 3.63) is 0 Å². The summed E-state index contributed by atoms with van der Waals surface area (Å²) in [5, 5.41) is 0. The zero-order valence-electron chi connectivity index (χ0n) is 5.03. The topological polar surface area (TPSA) is 47.9 Å². The van der Waals surface area contributed by atoms with Crippen molar-refractivity contribution >= 4 is 12.3 Å². The maximum absolute atomic E-state index is 10.3. The van der Waals surface area contributed by atoms with Crippen LogP contribution in [0, 0.1) is 0 Å². The summed E-state index contributed by atoms with van der Waals surface area (Å²) < 4.78 is 9.32. The molecule has 1 heterocycles. The van der Waals surface area contributed by atoms with Crippen LogP contribution < -0.4 is 0 Å². The molecule has 0 saturated heterocycles. The molecule has 0 aromatic rings. The van der Waals surface area contributed by atoms with Crippen LogP contribution in [0.1, 0.15) is 0 Å². The highest BCUT2D eigenvalue weighted by Crippen LogP contribution is 1.99. The van der Waals surface area contributed by atoms with Gasteiger partial charge in [0.05, 0.1) is 12.8 Å². The van der Waals surface area contributed by atoms with Gasteiger partial charge in [-0.1, -0.05) is 0 Å². The van der Waals surface area contributed by atoms with Crippen molar-refractivity contribution in [1.82, 2.24) is 0 Å². The Hall–Kier alpha value is -0.900. The Labute approximate surface area is 52.5 Å². The number of nitrogens with zero attached hydrogens (tertiary/aromatic N) is 1. The number of aliphatic imine (C=N–C) groups is 1. The van der Waals surface area contributed by atoms with Crippen LogP contribution in [0.4, 0.5) is 4.79 Å². The van der Waals surface area contributed by atoms with Crippen molar-refractivity contribution in [2.75, 3.05) is 13.7 Å². The molecule has 0 N–H and O–H groups in total. The SMILES string of the molecule is COCC1C=NC(=O)O1. The molecule has 0 radical (unpaired) electrons. The number of methoxy groups -OCH3 is 1. The van der Waals surface area contributed by atoms with Gasteiger partial charge in [-0.2, -0.15) is 4.99 Å². The second kappa shape index (κ2) is 2.59. The van der Waals surface area contributed by atoms with Crippen molar-refractivity contribution in [3.8, 4) is 0 Å². The molecule has 9 heavy (non-hydrogen) atoms. The Bertz CT molecular complexity index is 143. The van der Waals surface area contributed by atoms with Gasteiger partial charge in [0.25, 0.3) is 0 Å². The zero-order valence-corrected chi connectivity index (χ0v) is 5.03. The predicted molar refractivity (Wildman–Crippen MR) is 30.6 cm³/mol. The highest BCUT2D eigenvalue weighted by atomic mass is 16.6. The van der Waals surface area contributed by atoms with Gasteiger partial charge in [0, 0.05) is 7.11 Å². The number of carbonyl (C=O) groups excluding carboxylic acids is 1. The summed E-state index contributed by atoms with van der Waals surface area (Å²) in [7, 11) is 1.54. The van der Waals surface area contributed by atoms with E-state index in [9.17, 15) is 4.79 Å². The molecule has 1 unspecified atom stereocenters. The first-order valence-electron chi connectivity index (χ1n) is 2.56. The van der Waals surface area contributed by atoms with E-state index in [-0.39, 0.29) is 6.10 Å². The summed E-state index contributed by atoms with van der Waals surface area (Å²) in [5.41, 5.74) is 0. The average molecular weight is 129 g/mol. The first-order chi connectivity index (χ1) is 4.33. The summed E-state index contributed by atoms with van der Waals surface area (Å²) in [6.07, 6.45) is 0.630. The molecule has 4 nitrogen and oxygen atoms in total. The van der Waals surface area contributed by atoms with Crippen LogP contribution in [0.5, 0.6) is 0 Å².